The quantitative estimate of drug-likeness (QED) is 0.433. The van der Waals surface area contributed by atoms with E-state index in [1.807, 2.05) is 19.9 Å². The van der Waals surface area contributed by atoms with Gasteiger partial charge in [0.1, 0.15) is 34.5 Å². The van der Waals surface area contributed by atoms with Gasteiger partial charge in [-0.05, 0) is 44.9 Å². The molecule has 31 heavy (non-hydrogen) atoms. The summed E-state index contributed by atoms with van der Waals surface area (Å²) in [7, 11) is 0. The molecule has 3 aromatic rings. The molecule has 0 aliphatic rings. The molecule has 0 fully saturated rings. The predicted octanol–water partition coefficient (Wildman–Crippen LogP) is 4.57. The number of phenolic OH excluding ortho intramolecular Hbond substituents is 3. The van der Waals surface area contributed by atoms with Crippen molar-refractivity contribution in [3.63, 3.8) is 0 Å². The summed E-state index contributed by atoms with van der Waals surface area (Å²) in [5.74, 6) is -0.516. The first-order valence-corrected chi connectivity index (χ1v) is 9.89. The van der Waals surface area contributed by atoms with Crippen molar-refractivity contribution in [2.24, 2.45) is 0 Å². The van der Waals surface area contributed by atoms with Crippen LogP contribution in [0, 0.1) is 0 Å². The number of aromatic hydroxyl groups is 3. The Kier molecular flexibility index (Phi) is 6.22. The summed E-state index contributed by atoms with van der Waals surface area (Å²) < 4.78 is 5.72. The van der Waals surface area contributed by atoms with Gasteiger partial charge in [0.2, 0.25) is 5.43 Å². The molecule has 0 radical (unpaired) electrons. The molecule has 0 spiro atoms. The van der Waals surface area contributed by atoms with Crippen LogP contribution < -0.4 is 5.43 Å². The molecule has 0 aliphatic heterocycles. The van der Waals surface area contributed by atoms with Crippen molar-refractivity contribution in [1.29, 1.82) is 0 Å². The Morgan fingerprint density at radius 1 is 1.06 bits per heavy atom. The van der Waals surface area contributed by atoms with E-state index in [2.05, 4.69) is 6.58 Å². The predicted molar refractivity (Wildman–Crippen MR) is 121 cm³/mol. The highest BCUT2D eigenvalue weighted by molar-refractivity contribution is 5.92. The molecule has 1 heterocycles. The maximum absolute atomic E-state index is 13.3. The fourth-order valence-electron chi connectivity index (χ4n) is 3.35. The molecular weight excluding hydrogens is 396 g/mol. The van der Waals surface area contributed by atoms with E-state index in [-0.39, 0.29) is 57.7 Å². The molecule has 0 aliphatic carbocycles. The van der Waals surface area contributed by atoms with Crippen LogP contribution in [0.1, 0.15) is 31.9 Å². The summed E-state index contributed by atoms with van der Waals surface area (Å²) in [4.78, 5) is 13.3. The Morgan fingerprint density at radius 2 is 1.71 bits per heavy atom. The number of hydrogen-bond donors (Lipinski definition) is 4. The average Bonchev–Trinajstić information content (AvgIpc) is 2.71. The van der Waals surface area contributed by atoms with E-state index in [0.717, 1.165) is 5.57 Å². The molecule has 6 nitrogen and oxygen atoms in total. The van der Waals surface area contributed by atoms with Gasteiger partial charge in [-0.25, -0.2) is 0 Å². The van der Waals surface area contributed by atoms with Crippen molar-refractivity contribution < 1.29 is 24.8 Å². The van der Waals surface area contributed by atoms with Crippen molar-refractivity contribution in [3.8, 4) is 28.4 Å². The number of fused-ring (bicyclic) bond motifs is 1. The van der Waals surface area contributed by atoms with Gasteiger partial charge in [-0.15, -0.1) is 0 Å². The van der Waals surface area contributed by atoms with Gasteiger partial charge < -0.3 is 24.8 Å². The van der Waals surface area contributed by atoms with Crippen LogP contribution in [0.2, 0.25) is 0 Å². The highest BCUT2D eigenvalue weighted by atomic mass is 16.3. The molecule has 1 unspecified atom stereocenters. The summed E-state index contributed by atoms with van der Waals surface area (Å²) in [5.41, 5.74) is 2.14. The summed E-state index contributed by atoms with van der Waals surface area (Å²) in [6, 6.07) is 6.04. The van der Waals surface area contributed by atoms with Gasteiger partial charge in [-0.1, -0.05) is 35.9 Å². The zero-order valence-corrected chi connectivity index (χ0v) is 17.8. The van der Waals surface area contributed by atoms with Gasteiger partial charge in [0.05, 0.1) is 11.7 Å². The molecule has 6 heteroatoms. The van der Waals surface area contributed by atoms with Gasteiger partial charge in [0.25, 0.3) is 0 Å². The molecule has 2 aromatic carbocycles. The van der Waals surface area contributed by atoms with Crippen molar-refractivity contribution >= 4 is 11.0 Å². The number of aliphatic hydroxyl groups is 1. The van der Waals surface area contributed by atoms with Gasteiger partial charge in [-0.3, -0.25) is 4.79 Å². The third-order valence-corrected chi connectivity index (χ3v) is 5.22. The van der Waals surface area contributed by atoms with E-state index in [4.69, 9.17) is 4.42 Å². The van der Waals surface area contributed by atoms with Crippen LogP contribution in [0.5, 0.6) is 17.2 Å². The zero-order chi connectivity index (χ0) is 22.9. The van der Waals surface area contributed by atoms with E-state index in [0.29, 0.717) is 11.1 Å². The lowest BCUT2D eigenvalue weighted by Crippen LogP contribution is -2.14. The Labute approximate surface area is 180 Å². The molecule has 4 N–H and O–H groups in total. The third-order valence-electron chi connectivity index (χ3n) is 5.22. The van der Waals surface area contributed by atoms with Crippen LogP contribution in [0.25, 0.3) is 22.1 Å². The lowest BCUT2D eigenvalue weighted by atomic mass is 9.93. The summed E-state index contributed by atoms with van der Waals surface area (Å²) >= 11 is 0. The Balaban J connectivity index is 2.35. The first-order chi connectivity index (χ1) is 14.6. The smallest absolute Gasteiger partial charge is 0.204 e. The number of hydrogen-bond acceptors (Lipinski definition) is 6. The van der Waals surface area contributed by atoms with E-state index >= 15 is 0 Å². The van der Waals surface area contributed by atoms with E-state index in [9.17, 15) is 25.2 Å². The first-order valence-electron chi connectivity index (χ1n) is 9.89. The van der Waals surface area contributed by atoms with Crippen molar-refractivity contribution in [1.82, 2.24) is 0 Å². The zero-order valence-electron chi connectivity index (χ0n) is 17.8. The molecule has 1 atom stereocenters. The van der Waals surface area contributed by atoms with Crippen LogP contribution in [-0.2, 0) is 12.8 Å². The number of aliphatic hydroxyl groups excluding tert-OH is 1. The van der Waals surface area contributed by atoms with E-state index in [1.165, 1.54) is 18.4 Å². The molecular formula is C25H26O6. The standard InChI is InChI=1S/C25H26O6/c1-13(2)5-10-17-22(28)18(11-20(27)14(3)4)25-21(23(17)29)24(30)19(12-31-25)15-6-8-16(26)9-7-15/h5-9,12,20,26-29H,3,10-11H2,1-2,4H3. The second-order valence-electron chi connectivity index (χ2n) is 7.94. The summed E-state index contributed by atoms with van der Waals surface area (Å²) in [6.45, 7) is 9.17. The lowest BCUT2D eigenvalue weighted by Gasteiger charge is -2.17. The number of allylic oxidation sites excluding steroid dienone is 2. The van der Waals surface area contributed by atoms with Crippen LogP contribution in [-0.4, -0.2) is 26.5 Å². The molecule has 0 saturated heterocycles. The fourth-order valence-corrected chi connectivity index (χ4v) is 3.35. The van der Waals surface area contributed by atoms with Crippen molar-refractivity contribution in [2.45, 2.75) is 39.7 Å². The van der Waals surface area contributed by atoms with Crippen LogP contribution in [0.15, 0.2) is 63.5 Å². The molecule has 0 saturated carbocycles. The Bertz CT molecular complexity index is 1230. The monoisotopic (exact) mass is 422 g/mol. The number of benzene rings is 2. The second-order valence-corrected chi connectivity index (χ2v) is 7.94. The van der Waals surface area contributed by atoms with Crippen molar-refractivity contribution in [3.05, 3.63) is 75.7 Å². The second kappa shape index (κ2) is 8.70. The minimum absolute atomic E-state index is 0.0174. The van der Waals surface area contributed by atoms with Crippen LogP contribution >= 0.6 is 0 Å². The minimum atomic E-state index is -0.961. The third kappa shape index (κ3) is 4.34. The highest BCUT2D eigenvalue weighted by Crippen LogP contribution is 2.40. The summed E-state index contributed by atoms with van der Waals surface area (Å²) in [6.07, 6.45) is 2.29. The summed E-state index contributed by atoms with van der Waals surface area (Å²) in [5, 5.41) is 41.6. The first kappa shape index (κ1) is 22.2. The maximum atomic E-state index is 13.3. The Hall–Kier alpha value is -3.51. The van der Waals surface area contributed by atoms with Gasteiger partial charge in [0, 0.05) is 17.5 Å². The molecule has 162 valence electrons. The fraction of sp³-hybridized carbons (Fsp3) is 0.240. The normalized spacial score (nSPS) is 12.0. The van der Waals surface area contributed by atoms with Crippen LogP contribution in [0.4, 0.5) is 0 Å². The van der Waals surface area contributed by atoms with Gasteiger partial charge in [-0.2, -0.15) is 0 Å². The highest BCUT2D eigenvalue weighted by Gasteiger charge is 2.25. The molecule has 0 bridgehead atoms. The van der Waals surface area contributed by atoms with Gasteiger partial charge in [0.15, 0.2) is 0 Å². The topological polar surface area (TPSA) is 111 Å². The SMILES string of the molecule is C=C(C)C(O)Cc1c(O)c(CC=C(C)C)c(O)c2c(=O)c(-c3ccc(O)cc3)coc12. The minimum Gasteiger partial charge on any atom is -0.508 e. The molecule has 3 rings (SSSR count). The average molecular weight is 422 g/mol. The molecule has 0 amide bonds. The Morgan fingerprint density at radius 3 is 2.29 bits per heavy atom. The van der Waals surface area contributed by atoms with Crippen LogP contribution in [0.3, 0.4) is 0 Å². The van der Waals surface area contributed by atoms with E-state index < -0.39 is 11.5 Å². The number of rotatable bonds is 6. The molecule has 1 aromatic heterocycles. The maximum Gasteiger partial charge on any atom is 0.204 e. The van der Waals surface area contributed by atoms with Crippen molar-refractivity contribution in [2.75, 3.05) is 0 Å². The number of phenols is 3. The van der Waals surface area contributed by atoms with E-state index in [1.54, 1.807) is 19.1 Å². The van der Waals surface area contributed by atoms with Gasteiger partial charge >= 0.3 is 0 Å². The lowest BCUT2D eigenvalue weighted by molar-refractivity contribution is 0.210. The largest absolute Gasteiger partial charge is 0.508 e.